The van der Waals surface area contributed by atoms with Gasteiger partial charge in [0.25, 0.3) is 0 Å². The zero-order chi connectivity index (χ0) is 22.7. The molecule has 2 aromatic carbocycles. The van der Waals surface area contributed by atoms with Crippen molar-refractivity contribution in [1.29, 1.82) is 0 Å². The van der Waals surface area contributed by atoms with Gasteiger partial charge in [-0.15, -0.1) is 0 Å². The normalized spacial score (nSPS) is 16.3. The minimum Gasteiger partial charge on any atom is -0.480 e. The molecule has 1 amide bonds. The van der Waals surface area contributed by atoms with Crippen LogP contribution in [0.4, 0.5) is 5.69 Å². The van der Waals surface area contributed by atoms with Crippen molar-refractivity contribution in [3.8, 4) is 0 Å². The van der Waals surface area contributed by atoms with Crippen LogP contribution in [0.2, 0.25) is 0 Å². The Kier molecular flexibility index (Phi) is 6.58. The fourth-order valence-corrected chi connectivity index (χ4v) is 4.25. The Labute approximate surface area is 188 Å². The van der Waals surface area contributed by atoms with Crippen molar-refractivity contribution >= 4 is 28.5 Å². The Morgan fingerprint density at radius 2 is 1.78 bits per heavy atom. The largest absolute Gasteiger partial charge is 0.480 e. The first-order valence-corrected chi connectivity index (χ1v) is 11.1. The van der Waals surface area contributed by atoms with E-state index in [9.17, 15) is 14.7 Å². The maximum absolute atomic E-state index is 12.3. The molecule has 4 rings (SSSR count). The first kappa shape index (κ1) is 22.0. The number of fused-ring (bicyclic) bond motifs is 1. The molecule has 32 heavy (non-hydrogen) atoms. The molecule has 1 fully saturated rings. The van der Waals surface area contributed by atoms with Crippen LogP contribution in [0.15, 0.2) is 54.7 Å². The van der Waals surface area contributed by atoms with Gasteiger partial charge in [0, 0.05) is 67.0 Å². The van der Waals surface area contributed by atoms with Crippen molar-refractivity contribution in [2.75, 3.05) is 31.5 Å². The number of aromatic nitrogens is 1. The molecular weight excluding hydrogens is 404 g/mol. The summed E-state index contributed by atoms with van der Waals surface area (Å²) in [7, 11) is 0. The zero-order valence-corrected chi connectivity index (χ0v) is 18.5. The number of aromatic amines is 1. The summed E-state index contributed by atoms with van der Waals surface area (Å²) in [6, 6.07) is 15.2. The van der Waals surface area contributed by atoms with E-state index < -0.39 is 12.0 Å². The highest BCUT2D eigenvalue weighted by atomic mass is 16.4. The van der Waals surface area contributed by atoms with Crippen LogP contribution in [-0.2, 0) is 16.1 Å². The number of nitrogens with one attached hydrogen (secondary N) is 2. The number of H-pyrrole nitrogens is 1. The van der Waals surface area contributed by atoms with E-state index in [4.69, 9.17) is 0 Å². The molecule has 0 saturated carbocycles. The second-order valence-electron chi connectivity index (χ2n) is 8.69. The van der Waals surface area contributed by atoms with Crippen molar-refractivity contribution in [1.82, 2.24) is 14.8 Å². The van der Waals surface area contributed by atoms with Crippen LogP contribution in [0.3, 0.4) is 0 Å². The minimum atomic E-state index is -0.848. The van der Waals surface area contributed by atoms with Crippen molar-refractivity contribution in [3.63, 3.8) is 0 Å². The number of anilines is 1. The number of aliphatic carboxylic acids is 1. The number of carboxylic acids is 1. The van der Waals surface area contributed by atoms with Gasteiger partial charge in [-0.2, -0.15) is 0 Å². The molecule has 2 heterocycles. The summed E-state index contributed by atoms with van der Waals surface area (Å²) in [6.45, 7) is 7.61. The topological polar surface area (TPSA) is 88.7 Å². The van der Waals surface area contributed by atoms with Crippen molar-refractivity contribution < 1.29 is 14.7 Å². The Morgan fingerprint density at radius 3 is 2.44 bits per heavy atom. The lowest BCUT2D eigenvalue weighted by Crippen LogP contribution is -2.48. The van der Waals surface area contributed by atoms with Crippen LogP contribution in [-0.4, -0.2) is 57.9 Å². The van der Waals surface area contributed by atoms with E-state index >= 15 is 0 Å². The SMILES string of the molecule is CC(C)C(=O)Nc1ccc2c([C@H](C(=O)O)N3CCN(Cc4ccccc4)CC3)c[nH]c2c1. The Hall–Kier alpha value is -3.16. The Balaban J connectivity index is 1.48. The van der Waals surface area contributed by atoms with Gasteiger partial charge in [0.05, 0.1) is 0 Å². The van der Waals surface area contributed by atoms with E-state index in [1.807, 2.05) is 55.1 Å². The molecule has 0 unspecified atom stereocenters. The first-order chi connectivity index (χ1) is 15.4. The average molecular weight is 435 g/mol. The quantitative estimate of drug-likeness (QED) is 0.528. The zero-order valence-electron chi connectivity index (χ0n) is 18.5. The van der Waals surface area contributed by atoms with Crippen LogP contribution in [0, 0.1) is 5.92 Å². The molecular formula is C25H30N4O3. The van der Waals surface area contributed by atoms with Gasteiger partial charge in [-0.05, 0) is 17.7 Å². The van der Waals surface area contributed by atoms with Gasteiger partial charge in [-0.25, -0.2) is 0 Å². The number of piperazine rings is 1. The lowest BCUT2D eigenvalue weighted by molar-refractivity contribution is -0.144. The van der Waals surface area contributed by atoms with E-state index in [0.29, 0.717) is 18.8 Å². The number of carbonyl (C=O) groups is 2. The molecule has 1 aliphatic rings. The van der Waals surface area contributed by atoms with E-state index in [-0.39, 0.29) is 11.8 Å². The number of carbonyl (C=O) groups excluding carboxylic acids is 1. The van der Waals surface area contributed by atoms with Gasteiger partial charge in [-0.1, -0.05) is 50.2 Å². The van der Waals surface area contributed by atoms with Crippen LogP contribution in [0.25, 0.3) is 10.9 Å². The highest BCUT2D eigenvalue weighted by Crippen LogP contribution is 2.31. The van der Waals surface area contributed by atoms with Crippen LogP contribution < -0.4 is 5.32 Å². The van der Waals surface area contributed by atoms with E-state index in [2.05, 4.69) is 27.3 Å². The van der Waals surface area contributed by atoms with Gasteiger partial charge >= 0.3 is 5.97 Å². The first-order valence-electron chi connectivity index (χ1n) is 11.1. The predicted molar refractivity (Wildman–Crippen MR) is 125 cm³/mol. The third-order valence-corrected chi connectivity index (χ3v) is 6.06. The number of hydrogen-bond acceptors (Lipinski definition) is 4. The number of carboxylic acid groups (broad SMARTS) is 1. The highest BCUT2D eigenvalue weighted by Gasteiger charge is 2.32. The number of benzene rings is 2. The summed E-state index contributed by atoms with van der Waals surface area (Å²) >= 11 is 0. The summed E-state index contributed by atoms with van der Waals surface area (Å²) < 4.78 is 0. The summed E-state index contributed by atoms with van der Waals surface area (Å²) in [6.07, 6.45) is 1.79. The third kappa shape index (κ3) is 4.84. The summed E-state index contributed by atoms with van der Waals surface area (Å²) in [5.41, 5.74) is 3.54. The standard InChI is InChI=1S/C25H30N4O3/c1-17(2)24(30)27-19-8-9-20-21(15-26-22(20)14-19)23(25(31)32)29-12-10-28(11-13-29)16-18-6-4-3-5-7-18/h3-9,14-15,17,23,26H,10-13,16H2,1-2H3,(H,27,30)(H,31,32)/t23-/m1/s1. The van der Waals surface area contributed by atoms with Gasteiger partial charge in [0.2, 0.25) is 5.91 Å². The molecule has 3 aromatic rings. The fourth-order valence-electron chi connectivity index (χ4n) is 4.25. The van der Waals surface area contributed by atoms with Crippen LogP contribution in [0.5, 0.6) is 0 Å². The van der Waals surface area contributed by atoms with Crippen molar-refractivity contribution in [2.24, 2.45) is 5.92 Å². The smallest absolute Gasteiger partial charge is 0.325 e. The number of rotatable bonds is 7. The highest BCUT2D eigenvalue weighted by molar-refractivity contribution is 5.96. The van der Waals surface area contributed by atoms with E-state index in [0.717, 1.165) is 36.1 Å². The monoisotopic (exact) mass is 434 g/mol. The fraction of sp³-hybridized carbons (Fsp3) is 0.360. The second-order valence-corrected chi connectivity index (χ2v) is 8.69. The van der Waals surface area contributed by atoms with E-state index in [1.54, 1.807) is 6.20 Å². The summed E-state index contributed by atoms with van der Waals surface area (Å²) in [4.78, 5) is 31.9. The lowest BCUT2D eigenvalue weighted by atomic mass is 10.0. The summed E-state index contributed by atoms with van der Waals surface area (Å²) in [5.74, 6) is -1.01. The molecule has 168 valence electrons. The molecule has 7 nitrogen and oxygen atoms in total. The molecule has 1 aromatic heterocycles. The molecule has 0 spiro atoms. The molecule has 0 radical (unpaired) electrons. The number of hydrogen-bond donors (Lipinski definition) is 3. The Morgan fingerprint density at radius 1 is 1.06 bits per heavy atom. The van der Waals surface area contributed by atoms with Gasteiger partial charge in [-0.3, -0.25) is 19.4 Å². The van der Waals surface area contributed by atoms with Gasteiger partial charge < -0.3 is 15.4 Å². The van der Waals surface area contributed by atoms with Gasteiger partial charge in [0.1, 0.15) is 6.04 Å². The molecule has 3 N–H and O–H groups in total. The molecule has 1 saturated heterocycles. The van der Waals surface area contributed by atoms with Crippen LogP contribution >= 0.6 is 0 Å². The van der Waals surface area contributed by atoms with Crippen LogP contribution in [0.1, 0.15) is 31.0 Å². The van der Waals surface area contributed by atoms with Crippen molar-refractivity contribution in [2.45, 2.75) is 26.4 Å². The number of nitrogens with zero attached hydrogens (tertiary/aromatic N) is 2. The molecule has 0 aliphatic carbocycles. The second kappa shape index (κ2) is 9.54. The maximum atomic E-state index is 12.3. The number of amides is 1. The van der Waals surface area contributed by atoms with Crippen molar-refractivity contribution in [3.05, 3.63) is 65.9 Å². The maximum Gasteiger partial charge on any atom is 0.325 e. The van der Waals surface area contributed by atoms with E-state index in [1.165, 1.54) is 5.56 Å². The predicted octanol–water partition coefficient (Wildman–Crippen LogP) is 3.71. The summed E-state index contributed by atoms with van der Waals surface area (Å²) in [5, 5.41) is 13.8. The molecule has 1 aliphatic heterocycles. The van der Waals surface area contributed by atoms with Gasteiger partial charge in [0.15, 0.2) is 0 Å². The third-order valence-electron chi connectivity index (χ3n) is 6.06. The average Bonchev–Trinajstić information content (AvgIpc) is 3.18. The molecule has 0 bridgehead atoms. The Bertz CT molecular complexity index is 1090. The molecule has 1 atom stereocenters. The lowest BCUT2D eigenvalue weighted by Gasteiger charge is -2.37. The molecule has 7 heteroatoms. The minimum absolute atomic E-state index is 0.0482.